The van der Waals surface area contributed by atoms with Crippen molar-refractivity contribution in [3.8, 4) is 0 Å². The molecule has 4 nitrogen and oxygen atoms in total. The molecule has 0 bridgehead atoms. The summed E-state index contributed by atoms with van der Waals surface area (Å²) in [4.78, 5) is -0.728. The average molecular weight is 607 g/mol. The maximum Gasteiger partial charge on any atom is 0.416 e. The molecule has 13 heteroatoms. The van der Waals surface area contributed by atoms with Crippen LogP contribution in [0.1, 0.15) is 5.56 Å². The second-order valence-electron chi connectivity index (χ2n) is 6.24. The number of nitrogens with one attached hydrogen (secondary N) is 1. The number of nitrogens with zero attached hydrogens (tertiary/aromatic N) is 1. The third-order valence-electron chi connectivity index (χ3n) is 4.12. The van der Waals surface area contributed by atoms with E-state index in [-0.39, 0.29) is 5.69 Å². The zero-order valence-corrected chi connectivity index (χ0v) is 19.1. The van der Waals surface area contributed by atoms with Crippen molar-refractivity contribution in [2.24, 2.45) is 0 Å². The summed E-state index contributed by atoms with van der Waals surface area (Å²) in [5.74, 6) is -3.62. The Morgan fingerprint density at radius 2 is 1.59 bits per heavy atom. The van der Waals surface area contributed by atoms with E-state index in [4.69, 9.17) is 11.6 Å². The molecular weight excluding hydrogens is 597 g/mol. The average Bonchev–Trinajstić information content (AvgIpc) is 2.70. The van der Waals surface area contributed by atoms with Gasteiger partial charge in [-0.15, -0.1) is 0 Å². The van der Waals surface area contributed by atoms with Crippen LogP contribution < -0.4 is 7.84 Å². The van der Waals surface area contributed by atoms with Crippen LogP contribution >= 0.6 is 34.5 Å². The molecule has 0 spiro atoms. The summed E-state index contributed by atoms with van der Waals surface area (Å²) >= 11 is 7.20. The van der Waals surface area contributed by atoms with Crippen molar-refractivity contribution in [3.63, 3.8) is 0 Å². The molecule has 0 heterocycles. The first kappa shape index (κ1) is 24.5. The number of para-hydroxylation sites is 1. The summed E-state index contributed by atoms with van der Waals surface area (Å²) in [6.45, 7) is 0. The Morgan fingerprint density at radius 3 is 2.19 bits per heavy atom. The van der Waals surface area contributed by atoms with Gasteiger partial charge in [0.05, 0.1) is 44.8 Å². The maximum atomic E-state index is 14.6. The third kappa shape index (κ3) is 4.91. The molecule has 1 N–H and O–H groups in total. The number of alkyl halides is 3. The lowest BCUT2D eigenvalue weighted by atomic mass is 10.2. The number of benzene rings is 3. The van der Waals surface area contributed by atoms with E-state index in [1.54, 1.807) is 0 Å². The number of rotatable bonds is 5. The third-order valence-corrected chi connectivity index (χ3v) is 6.97. The Balaban J connectivity index is 2.08. The monoisotopic (exact) mass is 606 g/mol. The second-order valence-corrected chi connectivity index (χ2v) is 9.26. The number of anilines is 3. The Labute approximate surface area is 197 Å². The minimum Gasteiger partial charge on any atom is -0.277 e. The second kappa shape index (κ2) is 8.98. The molecule has 0 atom stereocenters. The fraction of sp³-hybridized carbons (Fsp3) is 0.0526. The molecule has 0 aliphatic rings. The van der Waals surface area contributed by atoms with Crippen molar-refractivity contribution in [2.45, 2.75) is 11.1 Å². The summed E-state index contributed by atoms with van der Waals surface area (Å²) in [5.41, 5.74) is -2.54. The van der Waals surface area contributed by atoms with E-state index >= 15 is 0 Å². The molecule has 0 fully saturated rings. The van der Waals surface area contributed by atoms with Gasteiger partial charge in [-0.05, 0) is 42.5 Å². The standard InChI is InChI=1S/C19H10ClF6IN2O2S/c20-11-9-10(19(24,25)26)5-8-16(11)32(30,31)28-14-7-6-13(22)17(23)18(14)29(27)15-4-2-1-3-12(15)21/h1-9,28H. The molecule has 0 aromatic heterocycles. The topological polar surface area (TPSA) is 49.4 Å². The molecule has 3 rings (SSSR count). The highest BCUT2D eigenvalue weighted by Gasteiger charge is 2.32. The zero-order valence-electron chi connectivity index (χ0n) is 15.4. The molecule has 3 aromatic rings. The van der Waals surface area contributed by atoms with Crippen LogP contribution in [-0.4, -0.2) is 8.42 Å². The lowest BCUT2D eigenvalue weighted by molar-refractivity contribution is -0.137. The maximum absolute atomic E-state index is 14.6. The van der Waals surface area contributed by atoms with Gasteiger partial charge in [-0.25, -0.2) is 21.6 Å². The molecular formula is C19H10ClF6IN2O2S. The number of halogens is 8. The van der Waals surface area contributed by atoms with Gasteiger partial charge in [-0.3, -0.25) is 7.84 Å². The summed E-state index contributed by atoms with van der Waals surface area (Å²) < 4.78 is 110. The van der Waals surface area contributed by atoms with Crippen molar-refractivity contribution in [1.29, 1.82) is 0 Å². The minimum absolute atomic E-state index is 0.203. The van der Waals surface area contributed by atoms with Gasteiger partial charge < -0.3 is 0 Å². The minimum atomic E-state index is -4.76. The Bertz CT molecular complexity index is 1290. The molecule has 0 radical (unpaired) electrons. The number of hydrogen-bond donors (Lipinski definition) is 1. The first-order valence-corrected chi connectivity index (χ1v) is 11.2. The van der Waals surface area contributed by atoms with Gasteiger partial charge in [0.25, 0.3) is 10.0 Å². The first-order valence-electron chi connectivity index (χ1n) is 8.41. The Hall–Kier alpha value is -2.19. The van der Waals surface area contributed by atoms with E-state index in [9.17, 15) is 34.8 Å². The van der Waals surface area contributed by atoms with Gasteiger partial charge in [0, 0.05) is 0 Å². The van der Waals surface area contributed by atoms with Gasteiger partial charge in [0.1, 0.15) is 16.4 Å². The lowest BCUT2D eigenvalue weighted by Gasteiger charge is -2.22. The largest absolute Gasteiger partial charge is 0.416 e. The highest BCUT2D eigenvalue weighted by atomic mass is 127. The Morgan fingerprint density at radius 1 is 0.938 bits per heavy atom. The van der Waals surface area contributed by atoms with Crippen LogP contribution in [0, 0.1) is 17.5 Å². The van der Waals surface area contributed by atoms with Crippen LogP contribution in [-0.2, 0) is 16.2 Å². The molecule has 32 heavy (non-hydrogen) atoms. The fourth-order valence-electron chi connectivity index (χ4n) is 2.64. The van der Waals surface area contributed by atoms with E-state index in [0.29, 0.717) is 24.3 Å². The Kier molecular flexibility index (Phi) is 6.86. The van der Waals surface area contributed by atoms with E-state index in [1.807, 2.05) is 4.72 Å². The van der Waals surface area contributed by atoms with Crippen molar-refractivity contribution in [1.82, 2.24) is 0 Å². The molecule has 0 unspecified atom stereocenters. The summed E-state index contributed by atoms with van der Waals surface area (Å²) in [5, 5.41) is -0.739. The smallest absolute Gasteiger partial charge is 0.277 e. The first-order chi connectivity index (χ1) is 14.8. The SMILES string of the molecule is O=S(=O)(Nc1ccc(F)c(F)c1N(I)c1ccccc1F)c1ccc(C(F)(F)F)cc1Cl. The number of hydrogen-bond acceptors (Lipinski definition) is 3. The quantitative estimate of drug-likeness (QED) is 0.192. The molecule has 3 aromatic carbocycles. The molecule has 0 amide bonds. The van der Waals surface area contributed by atoms with Gasteiger partial charge in [-0.2, -0.15) is 13.2 Å². The van der Waals surface area contributed by atoms with Gasteiger partial charge in [0.2, 0.25) is 0 Å². The van der Waals surface area contributed by atoms with E-state index in [0.717, 1.165) is 15.2 Å². The van der Waals surface area contributed by atoms with Crippen molar-refractivity contribution in [2.75, 3.05) is 7.84 Å². The van der Waals surface area contributed by atoms with Gasteiger partial charge in [-0.1, -0.05) is 23.7 Å². The predicted molar refractivity (Wildman–Crippen MR) is 116 cm³/mol. The van der Waals surface area contributed by atoms with Crippen LogP contribution in [0.4, 0.5) is 43.4 Å². The van der Waals surface area contributed by atoms with E-state index in [1.165, 1.54) is 41.1 Å². The summed E-state index contributed by atoms with van der Waals surface area (Å²) in [6, 6.07) is 8.18. The van der Waals surface area contributed by atoms with Crippen molar-refractivity contribution < 1.29 is 34.8 Å². The van der Waals surface area contributed by atoms with E-state index < -0.39 is 60.5 Å². The van der Waals surface area contributed by atoms with E-state index in [2.05, 4.69) is 0 Å². The van der Waals surface area contributed by atoms with Crippen LogP contribution in [0.5, 0.6) is 0 Å². The van der Waals surface area contributed by atoms with Crippen LogP contribution in [0.2, 0.25) is 5.02 Å². The summed E-state index contributed by atoms with van der Waals surface area (Å²) in [7, 11) is -4.65. The predicted octanol–water partition coefficient (Wildman–Crippen LogP) is 7.07. The number of sulfonamides is 1. The lowest BCUT2D eigenvalue weighted by Crippen LogP contribution is -2.17. The van der Waals surface area contributed by atoms with Crippen LogP contribution in [0.25, 0.3) is 0 Å². The molecule has 0 aliphatic heterocycles. The highest BCUT2D eigenvalue weighted by Crippen LogP contribution is 2.41. The molecule has 0 saturated heterocycles. The van der Waals surface area contributed by atoms with Crippen molar-refractivity contribution >= 4 is 61.6 Å². The van der Waals surface area contributed by atoms with Crippen molar-refractivity contribution in [3.05, 3.63) is 82.6 Å². The summed E-state index contributed by atoms with van der Waals surface area (Å²) in [6.07, 6.45) is -4.76. The van der Waals surface area contributed by atoms with Crippen LogP contribution in [0.15, 0.2) is 59.5 Å². The van der Waals surface area contributed by atoms with Gasteiger partial charge >= 0.3 is 6.18 Å². The molecule has 170 valence electrons. The van der Waals surface area contributed by atoms with Gasteiger partial charge in [0.15, 0.2) is 11.6 Å². The zero-order chi connectivity index (χ0) is 23.8. The normalized spacial score (nSPS) is 12.0. The molecule has 0 saturated carbocycles. The fourth-order valence-corrected chi connectivity index (χ4v) is 5.12. The molecule has 0 aliphatic carbocycles. The van der Waals surface area contributed by atoms with Crippen LogP contribution in [0.3, 0.4) is 0 Å². The highest BCUT2D eigenvalue weighted by molar-refractivity contribution is 14.1.